The molecular weight excluding hydrogens is 302 g/mol. The minimum Gasteiger partial charge on any atom is -0.480 e. The quantitative estimate of drug-likeness (QED) is 0.590. The van der Waals surface area contributed by atoms with E-state index in [0.717, 1.165) is 0 Å². The highest BCUT2D eigenvalue weighted by atomic mass is 16.4. The van der Waals surface area contributed by atoms with Crippen molar-refractivity contribution in [3.8, 4) is 0 Å². The van der Waals surface area contributed by atoms with Gasteiger partial charge in [-0.2, -0.15) is 0 Å². The van der Waals surface area contributed by atoms with Crippen molar-refractivity contribution in [2.24, 2.45) is 0 Å². The molecule has 8 nitrogen and oxygen atoms in total. The Morgan fingerprint density at radius 3 is 2.00 bits per heavy atom. The molecule has 23 heavy (non-hydrogen) atoms. The Balaban J connectivity index is 4.69. The first-order valence-corrected chi connectivity index (χ1v) is 7.79. The van der Waals surface area contributed by atoms with Gasteiger partial charge in [-0.3, -0.25) is 14.4 Å². The minimum absolute atomic E-state index is 0.0451. The van der Waals surface area contributed by atoms with Gasteiger partial charge in [-0.15, -0.1) is 0 Å². The summed E-state index contributed by atoms with van der Waals surface area (Å²) in [6.07, 6.45) is -0.00346. The zero-order chi connectivity index (χ0) is 18.0. The maximum absolute atomic E-state index is 12.2. The number of aliphatic carboxylic acids is 1. The van der Waals surface area contributed by atoms with E-state index in [-0.39, 0.29) is 37.7 Å². The Morgan fingerprint density at radius 1 is 1.04 bits per heavy atom. The summed E-state index contributed by atoms with van der Waals surface area (Å²) in [5, 5.41) is 11.6. The summed E-state index contributed by atoms with van der Waals surface area (Å²) >= 11 is 0. The molecule has 0 bridgehead atoms. The van der Waals surface area contributed by atoms with Gasteiger partial charge in [0.05, 0.1) is 0 Å². The lowest BCUT2D eigenvalue weighted by Gasteiger charge is -2.27. The third-order valence-electron chi connectivity index (χ3n) is 3.54. The molecular formula is C15H27N3O5. The number of nitrogens with zero attached hydrogens (tertiary/aromatic N) is 2. The maximum atomic E-state index is 12.2. The lowest BCUT2D eigenvalue weighted by Crippen LogP contribution is -2.47. The molecule has 0 aliphatic carbocycles. The number of carbonyl (C=O) groups excluding carboxylic acids is 3. The summed E-state index contributed by atoms with van der Waals surface area (Å²) in [6, 6.07) is -1.01. The third-order valence-corrected chi connectivity index (χ3v) is 3.54. The molecule has 0 spiro atoms. The van der Waals surface area contributed by atoms with Crippen LogP contribution >= 0.6 is 0 Å². The molecule has 0 radical (unpaired) electrons. The van der Waals surface area contributed by atoms with E-state index in [9.17, 15) is 19.2 Å². The standard InChI is InChI=1S/C15H27N3O5/c1-5-17(6-2)13(20)7-8-14(21)18(11(3)15(22)23)10-9-16-12(4)19/h11H,5-10H2,1-4H3,(H,16,19)(H,22,23). The molecule has 1 unspecified atom stereocenters. The van der Waals surface area contributed by atoms with E-state index in [1.165, 1.54) is 18.7 Å². The first-order chi connectivity index (χ1) is 10.7. The first-order valence-electron chi connectivity index (χ1n) is 7.79. The number of nitrogens with one attached hydrogen (secondary N) is 1. The normalized spacial score (nSPS) is 11.5. The molecule has 132 valence electrons. The second kappa shape index (κ2) is 10.6. The van der Waals surface area contributed by atoms with Gasteiger partial charge in [-0.1, -0.05) is 0 Å². The van der Waals surface area contributed by atoms with Crippen molar-refractivity contribution in [2.45, 2.75) is 46.6 Å². The van der Waals surface area contributed by atoms with Crippen LogP contribution in [0.4, 0.5) is 0 Å². The molecule has 1 atom stereocenters. The average Bonchev–Trinajstić information content (AvgIpc) is 2.49. The number of hydrogen-bond donors (Lipinski definition) is 2. The Labute approximate surface area is 136 Å². The van der Waals surface area contributed by atoms with Crippen molar-refractivity contribution in [1.29, 1.82) is 0 Å². The van der Waals surface area contributed by atoms with E-state index in [0.29, 0.717) is 13.1 Å². The zero-order valence-corrected chi connectivity index (χ0v) is 14.3. The summed E-state index contributed by atoms with van der Waals surface area (Å²) in [7, 11) is 0. The maximum Gasteiger partial charge on any atom is 0.326 e. The van der Waals surface area contributed by atoms with Crippen LogP contribution < -0.4 is 5.32 Å². The molecule has 3 amide bonds. The van der Waals surface area contributed by atoms with Crippen molar-refractivity contribution >= 4 is 23.7 Å². The van der Waals surface area contributed by atoms with E-state index in [4.69, 9.17) is 5.11 Å². The van der Waals surface area contributed by atoms with Crippen LogP contribution in [0.3, 0.4) is 0 Å². The molecule has 0 heterocycles. The number of carbonyl (C=O) groups is 4. The average molecular weight is 329 g/mol. The van der Waals surface area contributed by atoms with Gasteiger partial charge >= 0.3 is 5.97 Å². The summed E-state index contributed by atoms with van der Waals surface area (Å²) in [6.45, 7) is 7.86. The summed E-state index contributed by atoms with van der Waals surface area (Å²) in [5.41, 5.74) is 0. The van der Waals surface area contributed by atoms with Crippen LogP contribution in [-0.4, -0.2) is 70.8 Å². The highest BCUT2D eigenvalue weighted by Crippen LogP contribution is 2.06. The summed E-state index contributed by atoms with van der Waals surface area (Å²) in [5.74, 6) is -1.92. The molecule has 0 saturated carbocycles. The number of amides is 3. The Morgan fingerprint density at radius 2 is 1.57 bits per heavy atom. The topological polar surface area (TPSA) is 107 Å². The van der Waals surface area contributed by atoms with E-state index in [1.54, 1.807) is 4.90 Å². The highest BCUT2D eigenvalue weighted by Gasteiger charge is 2.25. The van der Waals surface area contributed by atoms with Gasteiger partial charge < -0.3 is 20.2 Å². The highest BCUT2D eigenvalue weighted by molar-refractivity contribution is 5.87. The van der Waals surface area contributed by atoms with Gasteiger partial charge in [0.15, 0.2) is 0 Å². The van der Waals surface area contributed by atoms with E-state index in [2.05, 4.69) is 5.32 Å². The van der Waals surface area contributed by atoms with Gasteiger partial charge in [0, 0.05) is 45.9 Å². The SMILES string of the molecule is CCN(CC)C(=O)CCC(=O)N(CCNC(C)=O)C(C)C(=O)O. The van der Waals surface area contributed by atoms with Crippen LogP contribution in [0.5, 0.6) is 0 Å². The predicted octanol–water partition coefficient (Wildman–Crippen LogP) is 0.0728. The third kappa shape index (κ3) is 7.62. The minimum atomic E-state index is -1.13. The Kier molecular flexibility index (Phi) is 9.60. The number of carboxylic acid groups (broad SMARTS) is 1. The van der Waals surface area contributed by atoms with Crippen molar-refractivity contribution in [3.63, 3.8) is 0 Å². The van der Waals surface area contributed by atoms with E-state index < -0.39 is 17.9 Å². The Hall–Kier alpha value is -2.12. The van der Waals surface area contributed by atoms with Crippen molar-refractivity contribution < 1.29 is 24.3 Å². The van der Waals surface area contributed by atoms with Crippen LogP contribution in [-0.2, 0) is 19.2 Å². The second-order valence-corrected chi connectivity index (χ2v) is 5.15. The summed E-state index contributed by atoms with van der Waals surface area (Å²) < 4.78 is 0. The number of hydrogen-bond acceptors (Lipinski definition) is 4. The molecule has 0 fully saturated rings. The predicted molar refractivity (Wildman–Crippen MR) is 84.7 cm³/mol. The van der Waals surface area contributed by atoms with Crippen molar-refractivity contribution in [1.82, 2.24) is 15.1 Å². The fourth-order valence-electron chi connectivity index (χ4n) is 2.11. The summed E-state index contributed by atoms with van der Waals surface area (Å²) in [4.78, 5) is 49.0. The first kappa shape index (κ1) is 20.9. The van der Waals surface area contributed by atoms with Crippen LogP contribution in [0.15, 0.2) is 0 Å². The van der Waals surface area contributed by atoms with Crippen molar-refractivity contribution in [3.05, 3.63) is 0 Å². The van der Waals surface area contributed by atoms with Crippen LogP contribution in [0.25, 0.3) is 0 Å². The fourth-order valence-corrected chi connectivity index (χ4v) is 2.11. The fraction of sp³-hybridized carbons (Fsp3) is 0.733. The van der Waals surface area contributed by atoms with Crippen LogP contribution in [0, 0.1) is 0 Å². The van der Waals surface area contributed by atoms with Gasteiger partial charge in [-0.05, 0) is 20.8 Å². The zero-order valence-electron chi connectivity index (χ0n) is 14.3. The molecule has 2 N–H and O–H groups in total. The van der Waals surface area contributed by atoms with Crippen LogP contribution in [0.2, 0.25) is 0 Å². The molecule has 0 aromatic carbocycles. The molecule has 0 rings (SSSR count). The second-order valence-electron chi connectivity index (χ2n) is 5.15. The van der Waals surface area contributed by atoms with Gasteiger partial charge in [0.2, 0.25) is 17.7 Å². The lowest BCUT2D eigenvalue weighted by atomic mass is 10.2. The molecule has 0 aromatic heterocycles. The monoisotopic (exact) mass is 329 g/mol. The van der Waals surface area contributed by atoms with Crippen molar-refractivity contribution in [2.75, 3.05) is 26.2 Å². The van der Waals surface area contributed by atoms with Gasteiger partial charge in [-0.25, -0.2) is 4.79 Å². The van der Waals surface area contributed by atoms with Crippen LogP contribution in [0.1, 0.15) is 40.5 Å². The molecule has 8 heteroatoms. The number of rotatable bonds is 10. The number of carboxylic acids is 1. The van der Waals surface area contributed by atoms with E-state index in [1.807, 2.05) is 13.8 Å². The largest absolute Gasteiger partial charge is 0.480 e. The van der Waals surface area contributed by atoms with Gasteiger partial charge in [0.25, 0.3) is 0 Å². The lowest BCUT2D eigenvalue weighted by molar-refractivity contribution is -0.149. The molecule has 0 aromatic rings. The molecule has 0 aliphatic heterocycles. The molecule has 0 aliphatic rings. The molecule has 0 saturated heterocycles. The smallest absolute Gasteiger partial charge is 0.326 e. The Bertz CT molecular complexity index is 435. The van der Waals surface area contributed by atoms with E-state index >= 15 is 0 Å². The van der Waals surface area contributed by atoms with Gasteiger partial charge in [0.1, 0.15) is 6.04 Å².